The lowest BCUT2D eigenvalue weighted by Crippen LogP contribution is -2.19. The molecule has 0 unspecified atom stereocenters. The summed E-state index contributed by atoms with van der Waals surface area (Å²) in [6, 6.07) is 8.96. The van der Waals surface area contributed by atoms with E-state index in [0.29, 0.717) is 11.8 Å². The predicted molar refractivity (Wildman–Crippen MR) is 97.6 cm³/mol. The van der Waals surface area contributed by atoms with Crippen LogP contribution in [0, 0.1) is 0 Å². The minimum Gasteiger partial charge on any atom is -0.310 e. The van der Waals surface area contributed by atoms with Crippen LogP contribution in [0.15, 0.2) is 35.4 Å². The Bertz CT molecular complexity index is 734. The first kappa shape index (κ1) is 15.8. The van der Waals surface area contributed by atoms with Gasteiger partial charge in [0.25, 0.3) is 0 Å². The Morgan fingerprint density at radius 1 is 1.17 bits per heavy atom. The van der Waals surface area contributed by atoms with E-state index in [0.717, 1.165) is 18.7 Å². The quantitative estimate of drug-likeness (QED) is 0.828. The first-order valence-corrected chi connectivity index (χ1v) is 9.86. The van der Waals surface area contributed by atoms with Gasteiger partial charge >= 0.3 is 0 Å². The summed E-state index contributed by atoms with van der Waals surface area (Å²) in [5.74, 6) is 1.32. The average molecular weight is 341 g/mol. The fourth-order valence-corrected chi connectivity index (χ4v) is 4.58. The number of amides is 1. The molecule has 4 rings (SSSR count). The Morgan fingerprint density at radius 3 is 2.88 bits per heavy atom. The van der Waals surface area contributed by atoms with Gasteiger partial charge in [-0.3, -0.25) is 4.79 Å². The van der Waals surface area contributed by atoms with Crippen LogP contribution in [-0.4, -0.2) is 21.4 Å². The van der Waals surface area contributed by atoms with Gasteiger partial charge in [0.1, 0.15) is 5.82 Å². The number of benzene rings is 1. The third-order valence-electron chi connectivity index (χ3n) is 5.05. The highest BCUT2D eigenvalue weighted by Crippen LogP contribution is 2.31. The summed E-state index contributed by atoms with van der Waals surface area (Å²) in [6.45, 7) is 0. The van der Waals surface area contributed by atoms with Crippen LogP contribution in [0.1, 0.15) is 49.3 Å². The molecule has 5 heteroatoms. The number of carbonyl (C=O) groups is 1. The van der Waals surface area contributed by atoms with Gasteiger partial charge in [-0.05, 0) is 55.4 Å². The smallest absolute Gasteiger partial charge is 0.235 e. The van der Waals surface area contributed by atoms with Gasteiger partial charge in [-0.15, -0.1) is 11.8 Å². The van der Waals surface area contributed by atoms with Crippen LogP contribution in [0.3, 0.4) is 0 Å². The molecule has 0 atom stereocenters. The van der Waals surface area contributed by atoms with Crippen molar-refractivity contribution in [2.45, 2.75) is 55.9 Å². The lowest BCUT2D eigenvalue weighted by molar-refractivity contribution is -0.113. The van der Waals surface area contributed by atoms with E-state index in [1.165, 1.54) is 48.1 Å². The molecule has 2 aliphatic rings. The van der Waals surface area contributed by atoms with E-state index in [2.05, 4.69) is 28.6 Å². The van der Waals surface area contributed by atoms with Crippen molar-refractivity contribution in [3.05, 3.63) is 41.6 Å². The number of nitrogens with zero attached hydrogens (tertiary/aromatic N) is 2. The second-order valence-corrected chi connectivity index (χ2v) is 7.77. The number of rotatable bonds is 5. The molecule has 0 bridgehead atoms. The number of thioether (sulfide) groups is 1. The molecule has 0 saturated heterocycles. The molecule has 1 aromatic carbocycles. The van der Waals surface area contributed by atoms with E-state index in [1.807, 2.05) is 10.7 Å². The number of aryl methyl sites for hydroxylation is 2. The van der Waals surface area contributed by atoms with Gasteiger partial charge in [0.15, 0.2) is 0 Å². The first-order chi connectivity index (χ1) is 11.8. The van der Waals surface area contributed by atoms with Gasteiger partial charge in [0.05, 0.1) is 18.0 Å². The number of hydrogen-bond donors (Lipinski definition) is 1. The molecule has 1 N–H and O–H groups in total. The maximum atomic E-state index is 12.3. The van der Waals surface area contributed by atoms with E-state index in [4.69, 9.17) is 0 Å². The predicted octanol–water partition coefficient (Wildman–Crippen LogP) is 4.22. The summed E-state index contributed by atoms with van der Waals surface area (Å²) >= 11 is 1.61. The highest BCUT2D eigenvalue weighted by Gasteiger charge is 2.20. The van der Waals surface area contributed by atoms with Crippen LogP contribution >= 0.6 is 11.8 Å². The Hall–Kier alpha value is -1.75. The van der Waals surface area contributed by atoms with Gasteiger partial charge in [-0.1, -0.05) is 18.9 Å². The molecule has 0 spiro atoms. The zero-order valence-electron chi connectivity index (χ0n) is 13.8. The molecule has 1 aromatic heterocycles. The summed E-state index contributed by atoms with van der Waals surface area (Å²) in [5, 5.41) is 7.43. The van der Waals surface area contributed by atoms with Crippen molar-refractivity contribution in [3.8, 4) is 0 Å². The molecule has 0 radical (unpaired) electrons. The van der Waals surface area contributed by atoms with Crippen molar-refractivity contribution in [2.75, 3.05) is 11.1 Å². The molecule has 4 nitrogen and oxygen atoms in total. The zero-order valence-corrected chi connectivity index (χ0v) is 14.6. The second-order valence-electron chi connectivity index (χ2n) is 6.72. The normalized spacial score (nSPS) is 17.2. The molecular weight excluding hydrogens is 318 g/mol. The highest BCUT2D eigenvalue weighted by atomic mass is 32.2. The number of hydrogen-bond acceptors (Lipinski definition) is 3. The molecule has 1 heterocycles. The number of anilines is 1. The van der Waals surface area contributed by atoms with Crippen molar-refractivity contribution < 1.29 is 4.79 Å². The van der Waals surface area contributed by atoms with E-state index in [1.54, 1.807) is 18.0 Å². The lowest BCUT2D eigenvalue weighted by Gasteiger charge is -2.14. The molecule has 126 valence electrons. The van der Waals surface area contributed by atoms with Crippen molar-refractivity contribution in [1.29, 1.82) is 0 Å². The van der Waals surface area contributed by atoms with Crippen molar-refractivity contribution in [2.24, 2.45) is 0 Å². The van der Waals surface area contributed by atoms with Crippen LogP contribution in [-0.2, 0) is 17.6 Å². The average Bonchev–Trinajstić information content (AvgIpc) is 3.32. The van der Waals surface area contributed by atoms with E-state index in [9.17, 15) is 4.79 Å². The largest absolute Gasteiger partial charge is 0.310 e. The third kappa shape index (κ3) is 3.36. The monoisotopic (exact) mass is 341 g/mol. The molecule has 1 fully saturated rings. The number of fused-ring (bicyclic) bond motifs is 1. The lowest BCUT2D eigenvalue weighted by atomic mass is 10.1. The fourth-order valence-electron chi connectivity index (χ4n) is 3.82. The second kappa shape index (κ2) is 7.01. The van der Waals surface area contributed by atoms with Crippen molar-refractivity contribution >= 4 is 23.5 Å². The molecule has 1 saturated carbocycles. The van der Waals surface area contributed by atoms with Crippen LogP contribution in [0.2, 0.25) is 0 Å². The van der Waals surface area contributed by atoms with Gasteiger partial charge in [0, 0.05) is 11.0 Å². The summed E-state index contributed by atoms with van der Waals surface area (Å²) < 4.78 is 1.99. The molecular formula is C19H23N3OS. The van der Waals surface area contributed by atoms with E-state index < -0.39 is 0 Å². The molecule has 2 aromatic rings. The third-order valence-corrected chi connectivity index (χ3v) is 6.04. The van der Waals surface area contributed by atoms with Crippen LogP contribution in [0.4, 0.5) is 5.82 Å². The van der Waals surface area contributed by atoms with E-state index >= 15 is 0 Å². The van der Waals surface area contributed by atoms with E-state index in [-0.39, 0.29) is 5.91 Å². The van der Waals surface area contributed by atoms with Crippen LogP contribution in [0.25, 0.3) is 0 Å². The Balaban J connectivity index is 1.35. The standard InChI is InChI=1S/C19H23N3OS/c23-19(13-24-17-9-8-14-4-3-5-15(14)12-17)21-18-10-11-20-22(18)16-6-1-2-7-16/h8-12,16H,1-7,13H2,(H,21,23). The Morgan fingerprint density at radius 2 is 2.00 bits per heavy atom. The highest BCUT2D eigenvalue weighted by molar-refractivity contribution is 8.00. The Kier molecular flexibility index (Phi) is 4.60. The minimum atomic E-state index is 0.0419. The SMILES string of the molecule is O=C(CSc1ccc2c(c1)CCC2)Nc1ccnn1C1CCCC1. The Labute approximate surface area is 147 Å². The van der Waals surface area contributed by atoms with Crippen molar-refractivity contribution in [1.82, 2.24) is 9.78 Å². The maximum Gasteiger partial charge on any atom is 0.235 e. The van der Waals surface area contributed by atoms with Crippen LogP contribution in [0.5, 0.6) is 0 Å². The molecule has 1 amide bonds. The van der Waals surface area contributed by atoms with Gasteiger partial charge in [-0.2, -0.15) is 5.10 Å². The number of carbonyl (C=O) groups excluding carboxylic acids is 1. The topological polar surface area (TPSA) is 46.9 Å². The number of aromatic nitrogens is 2. The molecule has 24 heavy (non-hydrogen) atoms. The summed E-state index contributed by atoms with van der Waals surface area (Å²) in [6.07, 6.45) is 10.3. The van der Waals surface area contributed by atoms with Crippen LogP contribution < -0.4 is 5.32 Å². The number of nitrogens with one attached hydrogen (secondary N) is 1. The van der Waals surface area contributed by atoms with Gasteiger partial charge < -0.3 is 5.32 Å². The van der Waals surface area contributed by atoms with Gasteiger partial charge in [-0.25, -0.2) is 4.68 Å². The summed E-state index contributed by atoms with van der Waals surface area (Å²) in [4.78, 5) is 13.5. The minimum absolute atomic E-state index is 0.0419. The van der Waals surface area contributed by atoms with Gasteiger partial charge in [0.2, 0.25) is 5.91 Å². The zero-order chi connectivity index (χ0) is 16.4. The van der Waals surface area contributed by atoms with Crippen molar-refractivity contribution in [3.63, 3.8) is 0 Å². The molecule has 0 aliphatic heterocycles. The summed E-state index contributed by atoms with van der Waals surface area (Å²) in [5.41, 5.74) is 2.93. The fraction of sp³-hybridized carbons (Fsp3) is 0.474. The summed E-state index contributed by atoms with van der Waals surface area (Å²) in [7, 11) is 0. The molecule has 2 aliphatic carbocycles. The first-order valence-electron chi connectivity index (χ1n) is 8.87. The maximum absolute atomic E-state index is 12.3.